The summed E-state index contributed by atoms with van der Waals surface area (Å²) in [5, 5.41) is 59.9. The maximum Gasteiger partial charge on any atom is 0.330 e. The van der Waals surface area contributed by atoms with E-state index in [4.69, 9.17) is 35.2 Å². The minimum atomic E-state index is -2.03. The van der Waals surface area contributed by atoms with E-state index in [1.54, 1.807) is 43.4 Å². The molecule has 2 amide bonds. The Morgan fingerprint density at radius 2 is 1.69 bits per heavy atom. The molecule has 4 rings (SSSR count). The van der Waals surface area contributed by atoms with Gasteiger partial charge in [0.25, 0.3) is 0 Å². The van der Waals surface area contributed by atoms with Gasteiger partial charge in [-0.1, -0.05) is 55.5 Å². The van der Waals surface area contributed by atoms with Crippen LogP contribution in [0.3, 0.4) is 0 Å². The number of amides is 2. The predicted octanol–water partition coefficient (Wildman–Crippen LogP) is -1.10. The Balaban J connectivity index is 1.61. The molecule has 3 saturated heterocycles. The number of allylic oxidation sites excluding steroid dienone is 6. The Bertz CT molecular complexity index is 1300. The molecule has 16 nitrogen and oxygen atoms in total. The van der Waals surface area contributed by atoms with Crippen LogP contribution in [0.2, 0.25) is 0 Å². The van der Waals surface area contributed by atoms with Crippen LogP contribution in [0.5, 0.6) is 0 Å². The quantitative estimate of drug-likeness (QED) is 0.121. The first-order valence-corrected chi connectivity index (χ1v) is 17.4. The van der Waals surface area contributed by atoms with Crippen LogP contribution >= 0.6 is 0 Å². The van der Waals surface area contributed by atoms with Gasteiger partial charge in [-0.15, -0.1) is 0 Å². The summed E-state index contributed by atoms with van der Waals surface area (Å²) in [6.45, 7) is 3.90. The van der Waals surface area contributed by atoms with Crippen molar-refractivity contribution < 1.29 is 58.8 Å². The number of hydrogen-bond acceptors (Lipinski definition) is 14. The average molecular weight is 723 g/mol. The SMILES string of the molecule is C[C@H]1/C=C/C=C/C=C/C=C/[C@H](O[C@@H]2OC[C@@H](O)[C@H](N)[C@@H]2O)C[C@@H]2O[C@](O)(C[C@@H](O)C[C@H]3O[C@@H]3/C=C/C(=O)O[C@@H]1C)C[C@H](O)C2NC(=O)NCCN. The van der Waals surface area contributed by atoms with Crippen molar-refractivity contribution in [3.8, 4) is 0 Å². The monoisotopic (exact) mass is 722 g/mol. The second kappa shape index (κ2) is 19.2. The van der Waals surface area contributed by atoms with Crippen molar-refractivity contribution in [1.29, 1.82) is 0 Å². The minimum Gasteiger partial charge on any atom is -0.459 e. The normalized spacial score (nSPS) is 44.3. The predicted molar refractivity (Wildman–Crippen MR) is 183 cm³/mol. The van der Waals surface area contributed by atoms with Crippen LogP contribution in [-0.4, -0.2) is 136 Å². The number of aliphatic hydroxyl groups excluding tert-OH is 4. The molecule has 51 heavy (non-hydrogen) atoms. The molecule has 0 aromatic heterocycles. The van der Waals surface area contributed by atoms with Gasteiger partial charge < -0.3 is 71.3 Å². The maximum atomic E-state index is 12.7. The van der Waals surface area contributed by atoms with Gasteiger partial charge in [0, 0.05) is 50.8 Å². The Labute approximate surface area is 297 Å². The first-order chi connectivity index (χ1) is 24.3. The highest BCUT2D eigenvalue weighted by Gasteiger charge is 2.49. The number of nitrogens with two attached hydrogens (primary N) is 2. The van der Waals surface area contributed by atoms with Gasteiger partial charge in [0.15, 0.2) is 12.1 Å². The van der Waals surface area contributed by atoms with Gasteiger partial charge in [-0.05, 0) is 13.0 Å². The molecule has 16 heteroatoms. The Kier molecular flexibility index (Phi) is 15.3. The topological polar surface area (TPSA) is 261 Å². The third-order valence-electron chi connectivity index (χ3n) is 9.21. The van der Waals surface area contributed by atoms with E-state index >= 15 is 0 Å². The molecule has 3 fully saturated rings. The number of urea groups is 1. The van der Waals surface area contributed by atoms with Crippen molar-refractivity contribution in [1.82, 2.24) is 10.6 Å². The lowest BCUT2D eigenvalue weighted by atomic mass is 9.87. The zero-order valence-corrected chi connectivity index (χ0v) is 29.0. The van der Waals surface area contributed by atoms with Crippen LogP contribution < -0.4 is 22.1 Å². The number of fused-ring (bicyclic) bond motifs is 3. The summed E-state index contributed by atoms with van der Waals surface area (Å²) in [5.41, 5.74) is 11.5. The van der Waals surface area contributed by atoms with E-state index in [1.165, 1.54) is 6.08 Å². The number of epoxide rings is 1. The summed E-state index contributed by atoms with van der Waals surface area (Å²) in [5.74, 6) is -2.61. The number of esters is 1. The molecule has 0 aliphatic carbocycles. The summed E-state index contributed by atoms with van der Waals surface area (Å²) < 4.78 is 28.9. The molecule has 11 N–H and O–H groups in total. The third-order valence-corrected chi connectivity index (χ3v) is 9.21. The molecule has 0 radical (unpaired) electrons. The van der Waals surface area contributed by atoms with Gasteiger partial charge in [-0.25, -0.2) is 9.59 Å². The fourth-order valence-electron chi connectivity index (χ4n) is 6.10. The molecule has 0 aromatic rings. The number of carbonyl (C=O) groups excluding carboxylic acids is 2. The van der Waals surface area contributed by atoms with Crippen LogP contribution in [0.4, 0.5) is 4.79 Å². The lowest BCUT2D eigenvalue weighted by molar-refractivity contribution is -0.298. The summed E-state index contributed by atoms with van der Waals surface area (Å²) >= 11 is 0. The average Bonchev–Trinajstić information content (AvgIpc) is 3.81. The van der Waals surface area contributed by atoms with Crippen molar-refractivity contribution in [2.24, 2.45) is 17.4 Å². The summed E-state index contributed by atoms with van der Waals surface area (Å²) in [6.07, 6.45) is 6.97. The standard InChI is InChI=1S/C35H54N4O12/c1-20-9-7-5-3-4-6-8-10-23(49-33-32(44)30(37)25(42)19-47-33)16-28-31(39-34(45)38-14-13-36)24(41)18-35(46,51-28)17-22(40)15-27-26(50-27)11-12-29(43)48-21(20)2/h3-12,20-28,30-33,40-42,44,46H,13-19,36-37H2,1-2H3,(H2,38,39,45)/b5-3+,6-4+,9-7+,10-8+,12-11+/t20-,21+,22-,23-,24-,25+,26+,27+,28-,30-,31?,32-,33-,35+/m0/s1. The smallest absolute Gasteiger partial charge is 0.330 e. The highest BCUT2D eigenvalue weighted by molar-refractivity contribution is 5.82. The number of rotatable bonds is 5. The lowest BCUT2D eigenvalue weighted by Crippen LogP contribution is -2.63. The van der Waals surface area contributed by atoms with E-state index in [-0.39, 0.29) is 57.4 Å². The molecular weight excluding hydrogens is 668 g/mol. The van der Waals surface area contributed by atoms with E-state index in [0.29, 0.717) is 0 Å². The maximum absolute atomic E-state index is 12.7. The zero-order chi connectivity index (χ0) is 37.1. The van der Waals surface area contributed by atoms with Gasteiger partial charge in [0.1, 0.15) is 18.3 Å². The Hall–Kier alpha value is -3.00. The third kappa shape index (κ3) is 12.6. The Morgan fingerprint density at radius 3 is 2.41 bits per heavy atom. The number of ether oxygens (including phenoxy) is 5. The van der Waals surface area contributed by atoms with Crippen LogP contribution in [0.15, 0.2) is 60.8 Å². The summed E-state index contributed by atoms with van der Waals surface area (Å²) in [6, 6.07) is -2.71. The molecule has 4 aliphatic rings. The number of aliphatic hydroxyl groups is 5. The Morgan fingerprint density at radius 1 is 0.980 bits per heavy atom. The summed E-state index contributed by atoms with van der Waals surface area (Å²) in [7, 11) is 0. The van der Waals surface area contributed by atoms with Gasteiger partial charge in [0.2, 0.25) is 0 Å². The molecule has 0 spiro atoms. The van der Waals surface area contributed by atoms with Crippen molar-refractivity contribution in [3.05, 3.63) is 60.8 Å². The molecule has 4 heterocycles. The zero-order valence-electron chi connectivity index (χ0n) is 29.0. The molecule has 4 aliphatic heterocycles. The molecular formula is C35H54N4O12. The second-order valence-electron chi connectivity index (χ2n) is 13.5. The molecule has 286 valence electrons. The number of carbonyl (C=O) groups is 2. The molecule has 0 saturated carbocycles. The van der Waals surface area contributed by atoms with Crippen molar-refractivity contribution >= 4 is 12.0 Å². The van der Waals surface area contributed by atoms with Crippen molar-refractivity contribution in [3.63, 3.8) is 0 Å². The highest BCUT2D eigenvalue weighted by Crippen LogP contribution is 2.36. The van der Waals surface area contributed by atoms with E-state index in [0.717, 1.165) is 0 Å². The van der Waals surface area contributed by atoms with Crippen molar-refractivity contribution in [2.75, 3.05) is 19.7 Å². The van der Waals surface area contributed by atoms with E-state index in [2.05, 4.69) is 10.6 Å². The first kappa shape index (κ1) is 40.8. The molecule has 1 unspecified atom stereocenters. The summed E-state index contributed by atoms with van der Waals surface area (Å²) in [4.78, 5) is 25.1. The first-order valence-electron chi connectivity index (χ1n) is 17.4. The van der Waals surface area contributed by atoms with Crippen LogP contribution in [0, 0.1) is 5.92 Å². The molecule has 14 atom stereocenters. The van der Waals surface area contributed by atoms with E-state index < -0.39 is 85.0 Å². The van der Waals surface area contributed by atoms with Gasteiger partial charge in [-0.3, -0.25) is 0 Å². The number of hydrogen-bond donors (Lipinski definition) is 9. The van der Waals surface area contributed by atoms with Crippen molar-refractivity contribution in [2.45, 2.75) is 119 Å². The van der Waals surface area contributed by atoms with Gasteiger partial charge >= 0.3 is 12.0 Å². The molecule has 2 bridgehead atoms. The largest absolute Gasteiger partial charge is 0.459 e. The lowest BCUT2D eigenvalue weighted by Gasteiger charge is -2.46. The van der Waals surface area contributed by atoms with Gasteiger partial charge in [0.05, 0.1) is 55.3 Å². The number of nitrogens with one attached hydrogen (secondary N) is 2. The van der Waals surface area contributed by atoms with E-state index in [9.17, 15) is 35.1 Å². The van der Waals surface area contributed by atoms with Crippen LogP contribution in [0.1, 0.15) is 39.5 Å². The fraction of sp³-hybridized carbons (Fsp3) is 0.657. The van der Waals surface area contributed by atoms with Gasteiger partial charge in [-0.2, -0.15) is 0 Å². The van der Waals surface area contributed by atoms with E-state index in [1.807, 2.05) is 25.2 Å². The fourth-order valence-corrected chi connectivity index (χ4v) is 6.10. The molecule has 0 aromatic carbocycles. The van der Waals surface area contributed by atoms with Crippen LogP contribution in [-0.2, 0) is 28.5 Å². The van der Waals surface area contributed by atoms with Crippen LogP contribution in [0.25, 0.3) is 0 Å². The number of cyclic esters (lactones) is 1. The second-order valence-corrected chi connectivity index (χ2v) is 13.5. The highest BCUT2D eigenvalue weighted by atomic mass is 16.7. The minimum absolute atomic E-state index is 0.0676.